The molecule has 3 aromatic heterocycles. The lowest BCUT2D eigenvalue weighted by molar-refractivity contribution is 0.102. The number of ether oxygens (including phenoxy) is 1. The smallest absolute Gasteiger partial charge is 0.276 e. The molecule has 2 aliphatic carbocycles. The number of benzene rings is 1. The number of nitrogen functional groups attached to an aromatic ring is 1. The second-order valence-electron chi connectivity index (χ2n) is 10.3. The van der Waals surface area contributed by atoms with Gasteiger partial charge in [0.15, 0.2) is 11.3 Å². The first kappa shape index (κ1) is 27.7. The van der Waals surface area contributed by atoms with Crippen molar-refractivity contribution in [2.24, 2.45) is 5.73 Å². The highest BCUT2D eigenvalue weighted by Crippen LogP contribution is 2.36. The van der Waals surface area contributed by atoms with E-state index in [0.29, 0.717) is 35.8 Å². The van der Waals surface area contributed by atoms with Gasteiger partial charge in [-0.2, -0.15) is 0 Å². The van der Waals surface area contributed by atoms with E-state index < -0.39 is 0 Å². The fourth-order valence-electron chi connectivity index (χ4n) is 4.87. The van der Waals surface area contributed by atoms with Crippen LogP contribution in [-0.2, 0) is 6.54 Å². The van der Waals surface area contributed by atoms with Gasteiger partial charge in [0.25, 0.3) is 5.91 Å². The van der Waals surface area contributed by atoms with Gasteiger partial charge in [0.1, 0.15) is 16.7 Å². The van der Waals surface area contributed by atoms with Crippen molar-refractivity contribution in [2.75, 3.05) is 23.1 Å². The first-order valence-corrected chi connectivity index (χ1v) is 14.0. The Balaban J connectivity index is 0.000000403. The normalized spacial score (nSPS) is 15.3. The van der Waals surface area contributed by atoms with E-state index in [-0.39, 0.29) is 16.8 Å². The zero-order chi connectivity index (χ0) is 28.1. The number of imidazole rings is 1. The Morgan fingerprint density at radius 3 is 2.48 bits per heavy atom. The van der Waals surface area contributed by atoms with Gasteiger partial charge in [0.05, 0.1) is 19.0 Å². The van der Waals surface area contributed by atoms with Crippen molar-refractivity contribution in [3.63, 3.8) is 0 Å². The molecular formula is C29H35ClN8O2. The summed E-state index contributed by atoms with van der Waals surface area (Å²) in [6, 6.07) is 13.9. The summed E-state index contributed by atoms with van der Waals surface area (Å²) in [5, 5.41) is 7.44. The number of rotatable bonds is 7. The molecule has 2 saturated carbocycles. The van der Waals surface area contributed by atoms with E-state index in [9.17, 15) is 4.79 Å². The Kier molecular flexibility index (Phi) is 8.66. The number of halogens is 1. The maximum atomic E-state index is 12.9. The Morgan fingerprint density at radius 1 is 1.10 bits per heavy atom. The Bertz CT molecular complexity index is 1450. The second-order valence-corrected chi connectivity index (χ2v) is 10.6. The summed E-state index contributed by atoms with van der Waals surface area (Å²) >= 11 is 5.92. The van der Waals surface area contributed by atoms with Crippen molar-refractivity contribution in [1.29, 1.82) is 0 Å². The van der Waals surface area contributed by atoms with Gasteiger partial charge in [-0.1, -0.05) is 43.0 Å². The zero-order valence-electron chi connectivity index (χ0n) is 22.6. The van der Waals surface area contributed by atoms with Crippen LogP contribution in [0.15, 0.2) is 54.9 Å². The molecule has 0 spiro atoms. The Labute approximate surface area is 238 Å². The number of anilines is 3. The third-order valence-electron chi connectivity index (χ3n) is 7.14. The summed E-state index contributed by atoms with van der Waals surface area (Å²) in [5.41, 5.74) is 15.1. The van der Waals surface area contributed by atoms with Crippen molar-refractivity contribution in [2.45, 2.75) is 63.6 Å². The monoisotopic (exact) mass is 562 g/mol. The number of hydrogen-bond acceptors (Lipinski definition) is 8. The van der Waals surface area contributed by atoms with Crippen molar-refractivity contribution in [1.82, 2.24) is 19.6 Å². The number of aromatic nitrogens is 4. The fourth-order valence-corrected chi connectivity index (χ4v) is 5.04. The molecule has 5 N–H and O–H groups in total. The molecule has 10 nitrogen and oxygen atoms in total. The van der Waals surface area contributed by atoms with Crippen molar-refractivity contribution in [3.8, 4) is 5.75 Å². The lowest BCUT2D eigenvalue weighted by atomic mass is 9.97. The summed E-state index contributed by atoms with van der Waals surface area (Å²) in [4.78, 5) is 23.7. The summed E-state index contributed by atoms with van der Waals surface area (Å²) in [6.07, 6.45) is 11.9. The molecule has 0 unspecified atom stereocenters. The van der Waals surface area contributed by atoms with Gasteiger partial charge in [-0.3, -0.25) is 4.79 Å². The quantitative estimate of drug-likeness (QED) is 0.266. The van der Waals surface area contributed by atoms with E-state index in [1.54, 1.807) is 19.2 Å². The van der Waals surface area contributed by atoms with Crippen molar-refractivity contribution < 1.29 is 9.53 Å². The van der Waals surface area contributed by atoms with Gasteiger partial charge in [0, 0.05) is 36.6 Å². The lowest BCUT2D eigenvalue weighted by Crippen LogP contribution is -2.26. The molecule has 40 heavy (non-hydrogen) atoms. The minimum atomic E-state index is -0.373. The van der Waals surface area contributed by atoms with Gasteiger partial charge in [-0.15, -0.1) is 5.10 Å². The summed E-state index contributed by atoms with van der Waals surface area (Å²) < 4.78 is 6.76. The van der Waals surface area contributed by atoms with Crippen molar-refractivity contribution >= 4 is 40.3 Å². The number of carbonyl (C=O) groups excluding carboxylic acids is 1. The van der Waals surface area contributed by atoms with E-state index in [2.05, 4.69) is 25.3 Å². The molecule has 0 saturated heterocycles. The molecule has 0 radical (unpaired) electrons. The number of fused-ring (bicyclic) bond motifs is 1. The molecule has 11 heteroatoms. The predicted octanol–water partition coefficient (Wildman–Crippen LogP) is 5.07. The van der Waals surface area contributed by atoms with Gasteiger partial charge in [0.2, 0.25) is 0 Å². The maximum Gasteiger partial charge on any atom is 0.276 e. The van der Waals surface area contributed by atoms with Crippen LogP contribution >= 0.6 is 11.6 Å². The zero-order valence-corrected chi connectivity index (χ0v) is 23.3. The minimum Gasteiger partial charge on any atom is -0.497 e. The van der Waals surface area contributed by atoms with Crippen LogP contribution in [0.1, 0.15) is 61.0 Å². The lowest BCUT2D eigenvalue weighted by Gasteiger charge is -2.25. The molecule has 3 heterocycles. The van der Waals surface area contributed by atoms with Gasteiger partial charge in [-0.05, 0) is 55.5 Å². The van der Waals surface area contributed by atoms with Crippen LogP contribution in [0.5, 0.6) is 5.75 Å². The van der Waals surface area contributed by atoms with Crippen LogP contribution in [0.25, 0.3) is 5.65 Å². The van der Waals surface area contributed by atoms with Crippen LogP contribution in [0.2, 0.25) is 5.15 Å². The van der Waals surface area contributed by atoms with E-state index in [0.717, 1.165) is 29.8 Å². The molecule has 210 valence electrons. The number of hydrogen-bond donors (Lipinski definition) is 3. The highest BCUT2D eigenvalue weighted by Gasteiger charge is 2.32. The molecule has 0 bridgehead atoms. The highest BCUT2D eigenvalue weighted by molar-refractivity contribution is 6.29. The van der Waals surface area contributed by atoms with Gasteiger partial charge in [-0.25, -0.2) is 14.5 Å². The third-order valence-corrected chi connectivity index (χ3v) is 7.35. The number of nitrogens with one attached hydrogen (secondary N) is 1. The summed E-state index contributed by atoms with van der Waals surface area (Å²) in [5.74, 6) is 0.741. The molecule has 1 amide bonds. The number of nitrogens with two attached hydrogens (primary N) is 2. The third kappa shape index (κ3) is 6.81. The van der Waals surface area contributed by atoms with Gasteiger partial charge < -0.3 is 26.4 Å². The molecular weight excluding hydrogens is 528 g/mol. The average molecular weight is 563 g/mol. The summed E-state index contributed by atoms with van der Waals surface area (Å²) in [7, 11) is 1.65. The number of carbonyl (C=O) groups is 1. The van der Waals surface area contributed by atoms with Crippen molar-refractivity contribution in [3.05, 3.63) is 71.3 Å². The molecule has 4 aromatic rings. The second kappa shape index (κ2) is 12.5. The predicted molar refractivity (Wildman–Crippen MR) is 158 cm³/mol. The summed E-state index contributed by atoms with van der Waals surface area (Å²) in [6.45, 7) is 0.678. The van der Waals surface area contributed by atoms with Gasteiger partial charge >= 0.3 is 0 Å². The van der Waals surface area contributed by atoms with E-state index in [4.69, 9.17) is 27.8 Å². The van der Waals surface area contributed by atoms with E-state index in [1.165, 1.54) is 49.0 Å². The first-order chi connectivity index (χ1) is 19.4. The molecule has 0 aliphatic heterocycles. The van der Waals surface area contributed by atoms with E-state index >= 15 is 0 Å². The van der Waals surface area contributed by atoms with Crippen LogP contribution in [0.3, 0.4) is 0 Å². The number of amides is 1. The van der Waals surface area contributed by atoms with E-state index in [1.807, 2.05) is 30.3 Å². The molecule has 0 atom stereocenters. The maximum absolute atomic E-state index is 12.9. The molecule has 6 rings (SSSR count). The Hall–Kier alpha value is -3.89. The molecule has 1 aromatic carbocycles. The average Bonchev–Trinajstić information content (AvgIpc) is 3.71. The van der Waals surface area contributed by atoms with Crippen LogP contribution in [0, 0.1) is 0 Å². The Morgan fingerprint density at radius 2 is 1.85 bits per heavy atom. The number of pyridine rings is 1. The fraction of sp³-hybridized carbons (Fsp3) is 0.379. The topological polar surface area (TPSA) is 137 Å². The SMILES string of the molecule is COc1ccc(CN(c2cc(N)nn3c(C(=O)Nc4ccnc(Cl)c4)cnc23)C2CC2)cc1.NC1CCCCC1. The molecule has 2 fully saturated rings. The van der Waals surface area contributed by atoms with Crippen LogP contribution in [0.4, 0.5) is 17.2 Å². The molecule has 2 aliphatic rings. The number of methoxy groups -OCH3 is 1. The standard InChI is InChI=1S/C23H22ClN7O2.C6H13N/c1-33-17-6-2-14(3-7-17)13-30(16-4-5-16)18-11-21(25)29-31-19(12-27-22(18)31)23(32)28-15-8-9-26-20(24)10-15;7-6-4-2-1-3-5-6/h2-3,6-12,16H,4-5,13H2,1H3,(H2,25,29)(H,26,28,32);6H,1-5,7H2. The largest absolute Gasteiger partial charge is 0.497 e. The minimum absolute atomic E-state index is 0.270. The first-order valence-electron chi connectivity index (χ1n) is 13.6. The van der Waals surface area contributed by atoms with Crippen LogP contribution < -0.4 is 26.4 Å². The highest BCUT2D eigenvalue weighted by atomic mass is 35.5. The number of nitrogens with zero attached hydrogens (tertiary/aromatic N) is 5. The van der Waals surface area contributed by atoms with Crippen LogP contribution in [-0.4, -0.2) is 44.7 Å².